The molecule has 35 heavy (non-hydrogen) atoms. The average Bonchev–Trinajstić information content (AvgIpc) is 3.12. The summed E-state index contributed by atoms with van der Waals surface area (Å²) in [6.45, 7) is 2.54. The van der Waals surface area contributed by atoms with Gasteiger partial charge in [0.2, 0.25) is 0 Å². The number of halogens is 3. The van der Waals surface area contributed by atoms with Crippen LogP contribution in [0.2, 0.25) is 0 Å². The molecule has 10 heteroatoms. The van der Waals surface area contributed by atoms with E-state index < -0.39 is 12.8 Å². The van der Waals surface area contributed by atoms with E-state index in [-0.39, 0.29) is 30.6 Å². The molecule has 0 radical (unpaired) electrons. The molecular formula is C25H26F3N3O4. The number of carbonyl (C=O) groups excluding carboxylic acids is 2. The fraction of sp³-hybridized carbons (Fsp3) is 0.320. The molecule has 0 fully saturated rings. The number of alkyl halides is 3. The van der Waals surface area contributed by atoms with Gasteiger partial charge in [-0.2, -0.15) is 18.3 Å². The second-order valence-corrected chi connectivity index (χ2v) is 7.92. The van der Waals surface area contributed by atoms with Crippen LogP contribution < -0.4 is 10.1 Å². The highest BCUT2D eigenvalue weighted by Crippen LogP contribution is 2.21. The molecular weight excluding hydrogens is 463 g/mol. The van der Waals surface area contributed by atoms with Gasteiger partial charge in [0.1, 0.15) is 5.75 Å². The zero-order valence-corrected chi connectivity index (χ0v) is 19.6. The lowest BCUT2D eigenvalue weighted by molar-refractivity contribution is -0.153. The first-order chi connectivity index (χ1) is 16.6. The molecule has 186 valence electrons. The van der Waals surface area contributed by atoms with Gasteiger partial charge >= 0.3 is 12.1 Å². The number of hydrogen-bond acceptors (Lipinski definition) is 5. The molecule has 1 amide bonds. The minimum absolute atomic E-state index is 0.0780. The van der Waals surface area contributed by atoms with Crippen LogP contribution in [0.4, 0.5) is 13.2 Å². The van der Waals surface area contributed by atoms with Crippen LogP contribution in [0.1, 0.15) is 39.3 Å². The van der Waals surface area contributed by atoms with Gasteiger partial charge in [-0.15, -0.1) is 0 Å². The molecule has 0 aliphatic carbocycles. The Hall–Kier alpha value is -3.82. The Morgan fingerprint density at radius 2 is 1.80 bits per heavy atom. The van der Waals surface area contributed by atoms with Crippen LogP contribution >= 0.6 is 0 Å². The van der Waals surface area contributed by atoms with Crippen LogP contribution in [0.5, 0.6) is 5.75 Å². The van der Waals surface area contributed by atoms with Gasteiger partial charge in [0.15, 0.2) is 6.61 Å². The molecule has 3 rings (SSSR count). The third-order valence-electron chi connectivity index (χ3n) is 5.38. The molecule has 2 aromatic carbocycles. The summed E-state index contributed by atoms with van der Waals surface area (Å²) in [6.07, 6.45) is -3.64. The van der Waals surface area contributed by atoms with Crippen molar-refractivity contribution < 1.29 is 32.2 Å². The lowest BCUT2D eigenvalue weighted by Crippen LogP contribution is -2.23. The lowest BCUT2D eigenvalue weighted by Gasteiger charge is -2.11. The highest BCUT2D eigenvalue weighted by atomic mass is 19.4. The Morgan fingerprint density at radius 3 is 2.46 bits per heavy atom. The number of rotatable bonds is 9. The zero-order chi connectivity index (χ0) is 25.6. The average molecular weight is 489 g/mol. The molecule has 1 heterocycles. The molecule has 3 aromatic rings. The van der Waals surface area contributed by atoms with Crippen LogP contribution in [-0.4, -0.2) is 41.5 Å². The van der Waals surface area contributed by atoms with Crippen molar-refractivity contribution in [2.45, 2.75) is 39.4 Å². The molecule has 1 aromatic heterocycles. The fourth-order valence-electron chi connectivity index (χ4n) is 3.57. The van der Waals surface area contributed by atoms with Crippen LogP contribution in [-0.2, 0) is 22.5 Å². The minimum Gasteiger partial charge on any atom is -0.484 e. The van der Waals surface area contributed by atoms with Gasteiger partial charge < -0.3 is 14.8 Å². The maximum Gasteiger partial charge on any atom is 0.422 e. The number of ether oxygens (including phenoxy) is 2. The summed E-state index contributed by atoms with van der Waals surface area (Å²) in [5.74, 6) is -0.535. The number of benzene rings is 2. The third-order valence-corrected chi connectivity index (χ3v) is 5.38. The predicted molar refractivity (Wildman–Crippen MR) is 123 cm³/mol. The SMILES string of the molecule is COC(=O)CCc1c(C)nn(-c2ccc(C(=O)NCc3cccc(OCC(F)(F)F)c3)cc2)c1C. The summed E-state index contributed by atoms with van der Waals surface area (Å²) in [6, 6.07) is 13.0. The molecule has 0 bridgehead atoms. The summed E-state index contributed by atoms with van der Waals surface area (Å²) >= 11 is 0. The lowest BCUT2D eigenvalue weighted by atomic mass is 10.1. The minimum atomic E-state index is -4.42. The summed E-state index contributed by atoms with van der Waals surface area (Å²) in [5.41, 5.74) is 4.48. The monoisotopic (exact) mass is 489 g/mol. The quantitative estimate of drug-likeness (QED) is 0.449. The summed E-state index contributed by atoms with van der Waals surface area (Å²) in [4.78, 5) is 24.0. The van der Waals surface area contributed by atoms with Crippen molar-refractivity contribution in [2.75, 3.05) is 13.7 Å². The van der Waals surface area contributed by atoms with Gasteiger partial charge in [-0.05, 0) is 67.8 Å². The summed E-state index contributed by atoms with van der Waals surface area (Å²) < 4.78 is 48.2. The maximum atomic E-state index is 12.6. The largest absolute Gasteiger partial charge is 0.484 e. The number of nitrogens with zero attached hydrogens (tertiary/aromatic N) is 2. The molecule has 0 aliphatic rings. The highest BCUT2D eigenvalue weighted by Gasteiger charge is 2.28. The molecule has 0 atom stereocenters. The predicted octanol–water partition coefficient (Wildman–Crippen LogP) is 4.47. The van der Waals surface area contributed by atoms with Crippen LogP contribution in [0.3, 0.4) is 0 Å². The fourth-order valence-corrected chi connectivity index (χ4v) is 3.57. The Balaban J connectivity index is 1.62. The number of aromatic nitrogens is 2. The first-order valence-electron chi connectivity index (χ1n) is 10.9. The highest BCUT2D eigenvalue weighted by molar-refractivity contribution is 5.94. The number of methoxy groups -OCH3 is 1. The Kier molecular flexibility index (Phi) is 8.16. The van der Waals surface area contributed by atoms with Gasteiger partial charge in [0.05, 0.1) is 18.5 Å². The molecule has 0 unspecified atom stereocenters. The second-order valence-electron chi connectivity index (χ2n) is 7.92. The van der Waals surface area contributed by atoms with E-state index in [1.807, 2.05) is 13.8 Å². The van der Waals surface area contributed by atoms with Crippen LogP contribution in [0.15, 0.2) is 48.5 Å². The van der Waals surface area contributed by atoms with Crippen LogP contribution in [0.25, 0.3) is 5.69 Å². The molecule has 7 nitrogen and oxygen atoms in total. The van der Waals surface area contributed by atoms with E-state index in [1.165, 1.54) is 19.2 Å². The Bertz CT molecular complexity index is 1190. The van der Waals surface area contributed by atoms with E-state index in [9.17, 15) is 22.8 Å². The number of amides is 1. The van der Waals surface area contributed by atoms with Crippen molar-refractivity contribution in [1.82, 2.24) is 15.1 Å². The van der Waals surface area contributed by atoms with Gasteiger partial charge in [-0.3, -0.25) is 9.59 Å². The molecule has 0 saturated heterocycles. The standard InChI is InChI=1S/C25H26F3N3O4/c1-16-22(11-12-23(32)34-3)17(2)31(30-16)20-9-7-19(8-10-20)24(33)29-14-18-5-4-6-21(13-18)35-15-25(26,27)28/h4-10,13H,11-12,14-15H2,1-3H3,(H,29,33). The Morgan fingerprint density at radius 1 is 1.09 bits per heavy atom. The number of nitrogens with one attached hydrogen (secondary N) is 1. The second kappa shape index (κ2) is 11.1. The van der Waals surface area contributed by atoms with Crippen molar-refractivity contribution in [1.29, 1.82) is 0 Å². The normalized spacial score (nSPS) is 11.3. The van der Waals surface area contributed by atoms with Crippen molar-refractivity contribution >= 4 is 11.9 Å². The number of carbonyl (C=O) groups is 2. The first kappa shape index (κ1) is 25.8. The van der Waals surface area contributed by atoms with E-state index in [2.05, 4.69) is 10.4 Å². The van der Waals surface area contributed by atoms with Crippen molar-refractivity contribution in [3.05, 3.63) is 76.6 Å². The van der Waals surface area contributed by atoms with E-state index in [0.29, 0.717) is 17.5 Å². The third kappa shape index (κ3) is 7.08. The van der Waals surface area contributed by atoms with Crippen molar-refractivity contribution in [3.63, 3.8) is 0 Å². The summed E-state index contributed by atoms with van der Waals surface area (Å²) in [5, 5.41) is 7.30. The topological polar surface area (TPSA) is 82.5 Å². The number of aryl methyl sites for hydroxylation is 1. The van der Waals surface area contributed by atoms with E-state index in [0.717, 1.165) is 22.6 Å². The maximum absolute atomic E-state index is 12.6. The zero-order valence-electron chi connectivity index (χ0n) is 19.6. The van der Waals surface area contributed by atoms with Crippen molar-refractivity contribution in [2.24, 2.45) is 0 Å². The van der Waals surface area contributed by atoms with Gasteiger partial charge in [-0.25, -0.2) is 4.68 Å². The van der Waals surface area contributed by atoms with E-state index >= 15 is 0 Å². The van der Waals surface area contributed by atoms with Crippen molar-refractivity contribution in [3.8, 4) is 11.4 Å². The number of hydrogen-bond donors (Lipinski definition) is 1. The van der Waals surface area contributed by atoms with Gasteiger partial charge in [0, 0.05) is 24.2 Å². The molecule has 0 spiro atoms. The Labute approximate surface area is 200 Å². The molecule has 0 saturated carbocycles. The smallest absolute Gasteiger partial charge is 0.422 e. The van der Waals surface area contributed by atoms with Gasteiger partial charge in [-0.1, -0.05) is 12.1 Å². The van der Waals surface area contributed by atoms with Gasteiger partial charge in [0.25, 0.3) is 5.91 Å². The van der Waals surface area contributed by atoms with E-state index in [1.54, 1.807) is 41.1 Å². The summed E-state index contributed by atoms with van der Waals surface area (Å²) in [7, 11) is 1.35. The first-order valence-corrected chi connectivity index (χ1v) is 10.9. The molecule has 1 N–H and O–H groups in total. The van der Waals surface area contributed by atoms with Crippen LogP contribution in [0, 0.1) is 13.8 Å². The molecule has 0 aliphatic heterocycles. The number of esters is 1. The van der Waals surface area contributed by atoms with E-state index in [4.69, 9.17) is 9.47 Å².